The largest absolute Gasteiger partial charge is 0.462 e. The Morgan fingerprint density at radius 3 is 2.53 bits per heavy atom. The van der Waals surface area contributed by atoms with Gasteiger partial charge in [0, 0.05) is 6.42 Å². The van der Waals surface area contributed by atoms with E-state index in [4.69, 9.17) is 4.74 Å². The number of benzene rings is 1. The van der Waals surface area contributed by atoms with Crippen molar-refractivity contribution in [1.82, 2.24) is 0 Å². The Hall–Kier alpha value is -1.90. The number of ketones is 1. The lowest BCUT2D eigenvalue weighted by Crippen LogP contribution is -2.08. The van der Waals surface area contributed by atoms with Crippen LogP contribution in [-0.4, -0.2) is 18.4 Å². The number of carbonyl (C=O) groups is 2. The Morgan fingerprint density at radius 2 is 1.93 bits per heavy atom. The topological polar surface area (TPSA) is 43.4 Å². The van der Waals surface area contributed by atoms with E-state index in [1.54, 1.807) is 24.3 Å². The van der Waals surface area contributed by atoms with Gasteiger partial charge in [-0.05, 0) is 18.2 Å². The lowest BCUT2D eigenvalue weighted by molar-refractivity contribution is -0.115. The van der Waals surface area contributed by atoms with E-state index in [0.29, 0.717) is 5.56 Å². The third-order valence-corrected chi connectivity index (χ3v) is 1.82. The van der Waals surface area contributed by atoms with Gasteiger partial charge in [-0.1, -0.05) is 24.8 Å². The molecule has 0 aliphatic carbocycles. The number of hydrogen-bond acceptors (Lipinski definition) is 3. The highest BCUT2D eigenvalue weighted by atomic mass is 16.5. The van der Waals surface area contributed by atoms with Gasteiger partial charge >= 0.3 is 5.97 Å². The molecule has 0 saturated carbocycles. The van der Waals surface area contributed by atoms with Crippen LogP contribution in [0.2, 0.25) is 0 Å². The predicted octanol–water partition coefficient (Wildman–Crippen LogP) is 1.99. The van der Waals surface area contributed by atoms with Crippen LogP contribution in [-0.2, 0) is 9.53 Å². The summed E-state index contributed by atoms with van der Waals surface area (Å²) in [5, 5.41) is 0. The maximum absolute atomic E-state index is 11.4. The highest BCUT2D eigenvalue weighted by Crippen LogP contribution is 2.01. The second-order valence-corrected chi connectivity index (χ2v) is 2.92. The molecule has 15 heavy (non-hydrogen) atoms. The van der Waals surface area contributed by atoms with Crippen LogP contribution in [0.1, 0.15) is 16.8 Å². The number of allylic oxidation sites excluding steroid dienone is 1. The summed E-state index contributed by atoms with van der Waals surface area (Å²) < 4.78 is 4.89. The van der Waals surface area contributed by atoms with Crippen molar-refractivity contribution in [3.05, 3.63) is 48.6 Å². The van der Waals surface area contributed by atoms with Crippen LogP contribution >= 0.6 is 0 Å². The first-order chi connectivity index (χ1) is 7.24. The van der Waals surface area contributed by atoms with Crippen molar-refractivity contribution in [2.24, 2.45) is 0 Å². The van der Waals surface area contributed by atoms with Crippen molar-refractivity contribution in [2.75, 3.05) is 6.61 Å². The van der Waals surface area contributed by atoms with Crippen molar-refractivity contribution in [3.8, 4) is 0 Å². The molecule has 0 radical (unpaired) electrons. The van der Waals surface area contributed by atoms with E-state index in [1.807, 2.05) is 6.07 Å². The van der Waals surface area contributed by atoms with Gasteiger partial charge in [0.25, 0.3) is 0 Å². The van der Waals surface area contributed by atoms with Crippen molar-refractivity contribution in [1.29, 1.82) is 0 Å². The highest BCUT2D eigenvalue weighted by molar-refractivity contribution is 5.91. The summed E-state index contributed by atoms with van der Waals surface area (Å²) in [6.45, 7) is 3.42. The molecule has 0 bridgehead atoms. The van der Waals surface area contributed by atoms with E-state index < -0.39 is 5.97 Å². The van der Waals surface area contributed by atoms with Gasteiger partial charge in [-0.3, -0.25) is 4.79 Å². The number of hydrogen-bond donors (Lipinski definition) is 0. The monoisotopic (exact) mass is 204 g/mol. The molecule has 1 rings (SSSR count). The normalized spacial score (nSPS) is 9.33. The summed E-state index contributed by atoms with van der Waals surface area (Å²) in [5.41, 5.74) is 0.489. The standard InChI is InChI=1S/C12H12O3/c1-2-11(13)8-9-15-12(14)10-6-4-3-5-7-10/h2-7H,1,8-9H2. The van der Waals surface area contributed by atoms with Gasteiger partial charge in [0.1, 0.15) is 0 Å². The minimum Gasteiger partial charge on any atom is -0.462 e. The van der Waals surface area contributed by atoms with Crippen LogP contribution in [0.3, 0.4) is 0 Å². The summed E-state index contributed by atoms with van der Waals surface area (Å²) >= 11 is 0. The molecule has 78 valence electrons. The zero-order valence-electron chi connectivity index (χ0n) is 8.31. The third-order valence-electron chi connectivity index (χ3n) is 1.82. The van der Waals surface area contributed by atoms with Crippen LogP contribution in [0.5, 0.6) is 0 Å². The molecule has 3 nitrogen and oxygen atoms in total. The second kappa shape index (κ2) is 5.75. The Labute approximate surface area is 88.4 Å². The van der Waals surface area contributed by atoms with Crippen LogP contribution < -0.4 is 0 Å². The molecule has 0 fully saturated rings. The zero-order chi connectivity index (χ0) is 11.1. The minimum absolute atomic E-state index is 0.0958. The molecule has 0 atom stereocenters. The molecule has 0 saturated heterocycles. The van der Waals surface area contributed by atoms with Gasteiger partial charge in [-0.15, -0.1) is 0 Å². The molecule has 0 amide bonds. The summed E-state index contributed by atoms with van der Waals surface area (Å²) in [5.74, 6) is -0.539. The Bertz CT molecular complexity index is 354. The van der Waals surface area contributed by atoms with Gasteiger partial charge in [-0.25, -0.2) is 4.79 Å². The molecule has 1 aromatic rings. The molecule has 3 heteroatoms. The summed E-state index contributed by atoms with van der Waals surface area (Å²) in [6.07, 6.45) is 1.40. The van der Waals surface area contributed by atoms with Crippen molar-refractivity contribution < 1.29 is 14.3 Å². The number of ether oxygens (including phenoxy) is 1. The van der Waals surface area contributed by atoms with Crippen LogP contribution in [0, 0.1) is 0 Å². The summed E-state index contributed by atoms with van der Waals surface area (Å²) in [6, 6.07) is 8.66. The van der Waals surface area contributed by atoms with Crippen LogP contribution in [0.4, 0.5) is 0 Å². The average molecular weight is 204 g/mol. The zero-order valence-corrected chi connectivity index (χ0v) is 8.31. The van der Waals surface area contributed by atoms with Crippen molar-refractivity contribution in [2.45, 2.75) is 6.42 Å². The van der Waals surface area contributed by atoms with Gasteiger partial charge in [-0.2, -0.15) is 0 Å². The van der Waals surface area contributed by atoms with Gasteiger partial charge in [0.2, 0.25) is 0 Å². The van der Waals surface area contributed by atoms with Crippen molar-refractivity contribution in [3.63, 3.8) is 0 Å². The van der Waals surface area contributed by atoms with E-state index in [1.165, 1.54) is 6.08 Å². The van der Waals surface area contributed by atoms with Gasteiger partial charge < -0.3 is 4.74 Å². The summed E-state index contributed by atoms with van der Waals surface area (Å²) in [7, 11) is 0. The fraction of sp³-hybridized carbons (Fsp3) is 0.167. The molecule has 0 spiro atoms. The molecule has 0 N–H and O–H groups in total. The first kappa shape index (κ1) is 11.2. The van der Waals surface area contributed by atoms with E-state index in [2.05, 4.69) is 6.58 Å². The first-order valence-electron chi connectivity index (χ1n) is 4.61. The summed E-state index contributed by atoms with van der Waals surface area (Å²) in [4.78, 5) is 22.2. The molecular weight excluding hydrogens is 192 g/mol. The molecule has 0 heterocycles. The Morgan fingerprint density at radius 1 is 1.27 bits per heavy atom. The van der Waals surface area contributed by atoms with E-state index >= 15 is 0 Å². The fourth-order valence-electron chi connectivity index (χ4n) is 1.00. The lowest BCUT2D eigenvalue weighted by Gasteiger charge is -2.02. The van der Waals surface area contributed by atoms with Gasteiger partial charge in [0.05, 0.1) is 12.2 Å². The molecule has 0 aromatic heterocycles. The number of rotatable bonds is 5. The second-order valence-electron chi connectivity index (χ2n) is 2.92. The fourth-order valence-corrected chi connectivity index (χ4v) is 1.00. The minimum atomic E-state index is -0.410. The van der Waals surface area contributed by atoms with Crippen LogP contribution in [0.25, 0.3) is 0 Å². The molecule has 0 aliphatic rings. The highest BCUT2D eigenvalue weighted by Gasteiger charge is 2.05. The maximum Gasteiger partial charge on any atom is 0.338 e. The Balaban J connectivity index is 2.37. The smallest absolute Gasteiger partial charge is 0.338 e. The molecule has 1 aromatic carbocycles. The lowest BCUT2D eigenvalue weighted by atomic mass is 10.2. The maximum atomic E-state index is 11.4. The Kier molecular flexibility index (Phi) is 4.29. The predicted molar refractivity (Wildman–Crippen MR) is 56.5 cm³/mol. The van der Waals surface area contributed by atoms with Gasteiger partial charge in [0.15, 0.2) is 5.78 Å². The third kappa shape index (κ3) is 3.77. The van der Waals surface area contributed by atoms with E-state index in [0.717, 1.165) is 0 Å². The molecule has 0 aliphatic heterocycles. The quantitative estimate of drug-likeness (QED) is 0.544. The number of carbonyl (C=O) groups excluding carboxylic acids is 2. The number of esters is 1. The molecule has 0 unspecified atom stereocenters. The van der Waals surface area contributed by atoms with Crippen LogP contribution in [0.15, 0.2) is 43.0 Å². The first-order valence-corrected chi connectivity index (χ1v) is 4.61. The van der Waals surface area contributed by atoms with E-state index in [9.17, 15) is 9.59 Å². The molecular formula is C12H12O3. The SMILES string of the molecule is C=CC(=O)CCOC(=O)c1ccccc1. The van der Waals surface area contributed by atoms with E-state index in [-0.39, 0.29) is 18.8 Å². The average Bonchev–Trinajstić information content (AvgIpc) is 2.29. The van der Waals surface area contributed by atoms with Crippen molar-refractivity contribution >= 4 is 11.8 Å².